The van der Waals surface area contributed by atoms with Crippen molar-refractivity contribution < 1.29 is 9.53 Å². The van der Waals surface area contributed by atoms with E-state index >= 15 is 0 Å². The van der Waals surface area contributed by atoms with E-state index in [0.717, 1.165) is 30.6 Å². The van der Waals surface area contributed by atoms with Crippen molar-refractivity contribution in [2.75, 3.05) is 0 Å². The van der Waals surface area contributed by atoms with Gasteiger partial charge in [-0.1, -0.05) is 6.07 Å². The number of aryl methyl sites for hydroxylation is 1. The Labute approximate surface area is 95.6 Å². The molecule has 0 saturated heterocycles. The molecule has 0 heterocycles. The predicted molar refractivity (Wildman–Crippen MR) is 62.0 cm³/mol. The summed E-state index contributed by atoms with van der Waals surface area (Å²) in [6.45, 7) is 0. The Balaban J connectivity index is 1.80. The molecule has 1 aromatic carbocycles. The zero-order chi connectivity index (χ0) is 11.0. The molecule has 16 heavy (non-hydrogen) atoms. The maximum absolute atomic E-state index is 11.6. The first-order valence-corrected chi connectivity index (χ1v) is 6.16. The highest BCUT2D eigenvalue weighted by Crippen LogP contribution is 2.29. The number of hydrogen-bond donors (Lipinski definition) is 0. The molecule has 3 rings (SSSR count). The van der Waals surface area contributed by atoms with Gasteiger partial charge in [0, 0.05) is 12.0 Å². The Kier molecular flexibility index (Phi) is 2.43. The van der Waals surface area contributed by atoms with E-state index in [1.807, 2.05) is 18.2 Å². The maximum Gasteiger partial charge on any atom is 0.163 e. The van der Waals surface area contributed by atoms with Crippen molar-refractivity contribution in [3.63, 3.8) is 0 Å². The van der Waals surface area contributed by atoms with Gasteiger partial charge in [-0.25, -0.2) is 0 Å². The first-order chi connectivity index (χ1) is 7.83. The number of ether oxygens (including phenoxy) is 1. The van der Waals surface area contributed by atoms with Gasteiger partial charge in [-0.3, -0.25) is 4.79 Å². The average molecular weight is 216 g/mol. The van der Waals surface area contributed by atoms with Crippen LogP contribution in [0.5, 0.6) is 5.75 Å². The highest BCUT2D eigenvalue weighted by Gasteiger charge is 2.21. The van der Waals surface area contributed by atoms with Crippen molar-refractivity contribution in [2.24, 2.45) is 0 Å². The van der Waals surface area contributed by atoms with Crippen LogP contribution in [0, 0.1) is 0 Å². The van der Waals surface area contributed by atoms with Crippen molar-refractivity contribution in [2.45, 2.75) is 44.6 Å². The molecule has 2 heteroatoms. The minimum Gasteiger partial charge on any atom is -0.490 e. The second kappa shape index (κ2) is 3.93. The molecule has 1 aromatic rings. The van der Waals surface area contributed by atoms with E-state index in [1.165, 1.54) is 18.4 Å². The lowest BCUT2D eigenvalue weighted by Crippen LogP contribution is -2.11. The molecule has 0 atom stereocenters. The van der Waals surface area contributed by atoms with Crippen LogP contribution < -0.4 is 4.74 Å². The third kappa shape index (κ3) is 1.73. The monoisotopic (exact) mass is 216 g/mol. The topological polar surface area (TPSA) is 26.3 Å². The fourth-order valence-corrected chi connectivity index (χ4v) is 2.69. The van der Waals surface area contributed by atoms with Crippen LogP contribution in [-0.2, 0) is 6.42 Å². The molecule has 0 radical (unpaired) electrons. The molecule has 0 bridgehead atoms. The highest BCUT2D eigenvalue weighted by atomic mass is 16.5. The standard InChI is InChI=1S/C14H16O2/c15-14-8-6-10-5-7-12(9-13(10)14)16-11-3-1-2-4-11/h5,7,9,11H,1-4,6,8H2. The van der Waals surface area contributed by atoms with Crippen LogP contribution in [0.2, 0.25) is 0 Å². The number of carbonyl (C=O) groups excluding carboxylic acids is 1. The van der Waals surface area contributed by atoms with Crippen molar-refractivity contribution >= 4 is 5.78 Å². The quantitative estimate of drug-likeness (QED) is 0.759. The number of carbonyl (C=O) groups is 1. The Morgan fingerprint density at radius 1 is 1.12 bits per heavy atom. The fourth-order valence-electron chi connectivity index (χ4n) is 2.69. The number of Topliss-reactive ketones (excluding diaryl/α,β-unsaturated/α-hetero) is 1. The van der Waals surface area contributed by atoms with Gasteiger partial charge in [-0.2, -0.15) is 0 Å². The summed E-state index contributed by atoms with van der Waals surface area (Å²) in [4.78, 5) is 11.6. The molecule has 0 aromatic heterocycles. The van der Waals surface area contributed by atoms with Gasteiger partial charge < -0.3 is 4.74 Å². The van der Waals surface area contributed by atoms with Crippen molar-refractivity contribution in [1.82, 2.24) is 0 Å². The summed E-state index contributed by atoms with van der Waals surface area (Å²) in [5.41, 5.74) is 2.07. The first kappa shape index (κ1) is 9.88. The molecule has 0 spiro atoms. The number of rotatable bonds is 2. The molecule has 0 unspecified atom stereocenters. The molecule has 0 amide bonds. The Hall–Kier alpha value is -1.31. The maximum atomic E-state index is 11.6. The third-order valence-electron chi connectivity index (χ3n) is 3.61. The largest absolute Gasteiger partial charge is 0.490 e. The second-order valence-corrected chi connectivity index (χ2v) is 4.77. The summed E-state index contributed by atoms with van der Waals surface area (Å²) in [6.07, 6.45) is 6.80. The van der Waals surface area contributed by atoms with Gasteiger partial charge in [-0.05, 0) is 49.8 Å². The summed E-state index contributed by atoms with van der Waals surface area (Å²) < 4.78 is 5.90. The molecule has 2 aliphatic rings. The minimum atomic E-state index is 0.270. The van der Waals surface area contributed by atoms with Crippen LogP contribution in [0.3, 0.4) is 0 Å². The Morgan fingerprint density at radius 2 is 1.94 bits per heavy atom. The van der Waals surface area contributed by atoms with E-state index in [1.54, 1.807) is 0 Å². The van der Waals surface area contributed by atoms with Crippen molar-refractivity contribution in [3.05, 3.63) is 29.3 Å². The lowest BCUT2D eigenvalue weighted by molar-refractivity contribution is 0.0994. The number of benzene rings is 1. The summed E-state index contributed by atoms with van der Waals surface area (Å²) in [6, 6.07) is 5.99. The second-order valence-electron chi connectivity index (χ2n) is 4.77. The van der Waals surface area contributed by atoms with Crippen LogP contribution in [-0.4, -0.2) is 11.9 Å². The Morgan fingerprint density at radius 3 is 2.75 bits per heavy atom. The molecule has 0 N–H and O–H groups in total. The molecular weight excluding hydrogens is 200 g/mol. The molecule has 84 valence electrons. The normalized spacial score (nSPS) is 20.1. The molecule has 2 aliphatic carbocycles. The molecule has 1 fully saturated rings. The lowest BCUT2D eigenvalue weighted by atomic mass is 10.1. The number of hydrogen-bond acceptors (Lipinski definition) is 2. The molecule has 2 nitrogen and oxygen atoms in total. The van der Waals surface area contributed by atoms with E-state index in [4.69, 9.17) is 4.74 Å². The van der Waals surface area contributed by atoms with Crippen molar-refractivity contribution in [3.8, 4) is 5.75 Å². The molecular formula is C14H16O2. The summed E-state index contributed by atoms with van der Waals surface area (Å²) in [7, 11) is 0. The number of ketones is 1. The average Bonchev–Trinajstić information content (AvgIpc) is 2.90. The van der Waals surface area contributed by atoms with Gasteiger partial charge in [0.2, 0.25) is 0 Å². The van der Waals surface area contributed by atoms with Crippen LogP contribution in [0.15, 0.2) is 18.2 Å². The minimum absolute atomic E-state index is 0.270. The summed E-state index contributed by atoms with van der Waals surface area (Å²) in [5, 5.41) is 0. The summed E-state index contributed by atoms with van der Waals surface area (Å²) >= 11 is 0. The van der Waals surface area contributed by atoms with Gasteiger partial charge in [0.25, 0.3) is 0 Å². The molecule has 1 saturated carbocycles. The summed E-state index contributed by atoms with van der Waals surface area (Å²) in [5.74, 6) is 1.15. The smallest absolute Gasteiger partial charge is 0.163 e. The van der Waals surface area contributed by atoms with Crippen LogP contribution in [0.25, 0.3) is 0 Å². The third-order valence-corrected chi connectivity index (χ3v) is 3.61. The predicted octanol–water partition coefficient (Wildman–Crippen LogP) is 3.14. The zero-order valence-corrected chi connectivity index (χ0v) is 9.37. The van der Waals surface area contributed by atoms with Gasteiger partial charge in [0.1, 0.15) is 5.75 Å². The van der Waals surface area contributed by atoms with E-state index in [9.17, 15) is 4.79 Å². The SMILES string of the molecule is O=C1CCc2ccc(OC3CCCC3)cc21. The Bertz CT molecular complexity index is 417. The number of fused-ring (bicyclic) bond motifs is 1. The molecule has 0 aliphatic heterocycles. The van der Waals surface area contributed by atoms with Gasteiger partial charge in [0.05, 0.1) is 6.10 Å². The van der Waals surface area contributed by atoms with Crippen LogP contribution in [0.1, 0.15) is 48.0 Å². The van der Waals surface area contributed by atoms with Crippen LogP contribution in [0.4, 0.5) is 0 Å². The van der Waals surface area contributed by atoms with E-state index in [-0.39, 0.29) is 5.78 Å². The van der Waals surface area contributed by atoms with E-state index in [0.29, 0.717) is 12.5 Å². The van der Waals surface area contributed by atoms with Gasteiger partial charge in [-0.15, -0.1) is 0 Å². The highest BCUT2D eigenvalue weighted by molar-refractivity contribution is 6.00. The van der Waals surface area contributed by atoms with Crippen LogP contribution >= 0.6 is 0 Å². The van der Waals surface area contributed by atoms with Gasteiger partial charge in [0.15, 0.2) is 5.78 Å². The van der Waals surface area contributed by atoms with E-state index < -0.39 is 0 Å². The van der Waals surface area contributed by atoms with Crippen molar-refractivity contribution in [1.29, 1.82) is 0 Å². The fraction of sp³-hybridized carbons (Fsp3) is 0.500. The van der Waals surface area contributed by atoms with Gasteiger partial charge >= 0.3 is 0 Å². The lowest BCUT2D eigenvalue weighted by Gasteiger charge is -2.13. The zero-order valence-electron chi connectivity index (χ0n) is 9.37. The first-order valence-electron chi connectivity index (χ1n) is 6.16. The van der Waals surface area contributed by atoms with E-state index in [2.05, 4.69) is 0 Å².